The van der Waals surface area contributed by atoms with Crippen molar-refractivity contribution in [3.63, 3.8) is 0 Å². The number of hydrogen-bond donors (Lipinski definition) is 2. The summed E-state index contributed by atoms with van der Waals surface area (Å²) in [7, 11) is 2.36. The topological polar surface area (TPSA) is 62.2 Å². The number of anilines is 1. The summed E-state index contributed by atoms with van der Waals surface area (Å²) in [6.45, 7) is 0. The molecular weight excluding hydrogens is 364 g/mol. The van der Waals surface area contributed by atoms with Crippen LogP contribution in [0.15, 0.2) is 66.7 Å². The number of nitrogens with zero attached hydrogens (tertiary/aromatic N) is 1. The van der Waals surface area contributed by atoms with Crippen LogP contribution in [0.5, 0.6) is 23.0 Å². The maximum absolute atomic E-state index is 9.18. The molecule has 0 saturated heterocycles. The van der Waals surface area contributed by atoms with E-state index in [1.807, 2.05) is 31.1 Å². The molecule has 0 aliphatic rings. The predicted octanol–water partition coefficient (Wildman–Crippen LogP) is 4.16. The Labute approximate surface area is 166 Å². The van der Waals surface area contributed by atoms with Gasteiger partial charge in [-0.1, -0.05) is 23.7 Å². The highest BCUT2D eigenvalue weighted by Crippen LogP contribution is 2.33. The Bertz CT molecular complexity index is 909. The summed E-state index contributed by atoms with van der Waals surface area (Å²) < 4.78 is 11.8. The molecule has 0 aliphatic heterocycles. The van der Waals surface area contributed by atoms with E-state index in [1.165, 1.54) is 0 Å². The van der Waals surface area contributed by atoms with E-state index < -0.39 is 7.12 Å². The van der Waals surface area contributed by atoms with Gasteiger partial charge in [0.2, 0.25) is 0 Å². The largest absolute Gasteiger partial charge is 0.488 e. The summed E-state index contributed by atoms with van der Waals surface area (Å²) in [6, 6.07) is 19.3. The van der Waals surface area contributed by atoms with Crippen molar-refractivity contribution in [3.05, 3.63) is 71.8 Å². The quantitative estimate of drug-likeness (QED) is 0.622. The first-order valence-electron chi connectivity index (χ1n) is 8.30. The summed E-state index contributed by atoms with van der Waals surface area (Å²) >= 11 is 5.91. The van der Waals surface area contributed by atoms with Crippen molar-refractivity contribution in [2.24, 2.45) is 0 Å². The lowest BCUT2D eigenvalue weighted by molar-refractivity contribution is 0.425. The molecule has 0 aromatic heterocycles. The summed E-state index contributed by atoms with van der Waals surface area (Å²) in [5, 5.41) is 19.0. The van der Waals surface area contributed by atoms with E-state index in [2.05, 4.69) is 0 Å². The van der Waals surface area contributed by atoms with Gasteiger partial charge in [0, 0.05) is 45.9 Å². The minimum absolute atomic E-state index is 0. The second-order valence-corrected chi connectivity index (χ2v) is 6.59. The molecule has 0 unspecified atom stereocenters. The third-order valence-electron chi connectivity index (χ3n) is 3.84. The zero-order valence-corrected chi connectivity index (χ0v) is 15.7. The van der Waals surface area contributed by atoms with Gasteiger partial charge < -0.3 is 24.4 Å². The Morgan fingerprint density at radius 1 is 0.778 bits per heavy atom. The summed E-state index contributed by atoms with van der Waals surface area (Å²) in [6.07, 6.45) is 0. The monoisotopic (exact) mass is 387 g/mol. The van der Waals surface area contributed by atoms with Crippen LogP contribution < -0.4 is 19.8 Å². The average molecular weight is 388 g/mol. The standard InChI is InChI=1S/C20H19BClNO4.2H2/c1-23(2)16-11-19(26-17-7-3-14(4-8-17)21(24)25)13-20(12-16)27-18-9-5-15(22)6-10-18;;/h3-13,24-25H,1-2H3;2*1H. The zero-order chi connectivity index (χ0) is 19.4. The molecule has 0 spiro atoms. The van der Waals surface area contributed by atoms with E-state index in [-0.39, 0.29) is 2.85 Å². The molecule has 3 aromatic rings. The lowest BCUT2D eigenvalue weighted by Gasteiger charge is -2.17. The Balaban J connectivity index is 0.00000210. The van der Waals surface area contributed by atoms with E-state index in [9.17, 15) is 10.0 Å². The molecule has 0 radical (unpaired) electrons. The molecule has 7 heteroatoms. The highest BCUT2D eigenvalue weighted by molar-refractivity contribution is 6.58. The van der Waals surface area contributed by atoms with Gasteiger partial charge in [0.1, 0.15) is 23.0 Å². The van der Waals surface area contributed by atoms with Crippen molar-refractivity contribution in [1.29, 1.82) is 0 Å². The van der Waals surface area contributed by atoms with Gasteiger partial charge in [-0.15, -0.1) is 0 Å². The van der Waals surface area contributed by atoms with Gasteiger partial charge in [0.25, 0.3) is 0 Å². The van der Waals surface area contributed by atoms with Gasteiger partial charge in [-0.2, -0.15) is 0 Å². The highest BCUT2D eigenvalue weighted by atomic mass is 35.5. The molecule has 0 amide bonds. The highest BCUT2D eigenvalue weighted by Gasteiger charge is 2.11. The second-order valence-electron chi connectivity index (χ2n) is 6.16. The first-order valence-corrected chi connectivity index (χ1v) is 8.68. The van der Waals surface area contributed by atoms with Gasteiger partial charge >= 0.3 is 7.12 Å². The summed E-state index contributed by atoms with van der Waals surface area (Å²) in [4.78, 5) is 1.95. The lowest BCUT2D eigenvalue weighted by Crippen LogP contribution is -2.29. The molecule has 0 aliphatic carbocycles. The van der Waals surface area contributed by atoms with Crippen LogP contribution in [0.25, 0.3) is 0 Å². The van der Waals surface area contributed by atoms with Gasteiger partial charge in [0.05, 0.1) is 0 Å². The van der Waals surface area contributed by atoms with Gasteiger partial charge in [-0.25, -0.2) is 0 Å². The first kappa shape index (κ1) is 19.1. The fourth-order valence-electron chi connectivity index (χ4n) is 2.42. The van der Waals surface area contributed by atoms with Crippen LogP contribution >= 0.6 is 11.6 Å². The molecule has 142 valence electrons. The molecule has 0 atom stereocenters. The van der Waals surface area contributed by atoms with E-state index in [4.69, 9.17) is 21.1 Å². The lowest BCUT2D eigenvalue weighted by atomic mass is 9.80. The Kier molecular flexibility index (Phi) is 5.91. The molecule has 5 nitrogen and oxygen atoms in total. The molecule has 2 N–H and O–H groups in total. The number of ether oxygens (including phenoxy) is 2. The molecule has 27 heavy (non-hydrogen) atoms. The van der Waals surface area contributed by atoms with Crippen molar-refractivity contribution in [1.82, 2.24) is 0 Å². The Morgan fingerprint density at radius 2 is 1.26 bits per heavy atom. The van der Waals surface area contributed by atoms with E-state index in [0.29, 0.717) is 33.5 Å². The van der Waals surface area contributed by atoms with Crippen LogP contribution in [0.1, 0.15) is 2.85 Å². The fourth-order valence-corrected chi connectivity index (χ4v) is 2.54. The Morgan fingerprint density at radius 3 is 1.70 bits per heavy atom. The van der Waals surface area contributed by atoms with Crippen LogP contribution in [-0.2, 0) is 0 Å². The molecule has 3 aromatic carbocycles. The van der Waals surface area contributed by atoms with Crippen LogP contribution in [0.4, 0.5) is 5.69 Å². The summed E-state index contributed by atoms with van der Waals surface area (Å²) in [5.74, 6) is 2.47. The van der Waals surface area contributed by atoms with Crippen molar-refractivity contribution < 1.29 is 22.4 Å². The van der Waals surface area contributed by atoms with Crippen LogP contribution in [-0.4, -0.2) is 31.3 Å². The minimum atomic E-state index is -1.50. The van der Waals surface area contributed by atoms with Crippen LogP contribution in [0, 0.1) is 0 Å². The minimum Gasteiger partial charge on any atom is -0.457 e. The van der Waals surface area contributed by atoms with Crippen LogP contribution in [0.3, 0.4) is 0 Å². The van der Waals surface area contributed by atoms with Crippen molar-refractivity contribution in [2.45, 2.75) is 0 Å². The Hall–Kier alpha value is -2.67. The van der Waals surface area contributed by atoms with Crippen molar-refractivity contribution in [2.75, 3.05) is 19.0 Å². The van der Waals surface area contributed by atoms with Gasteiger partial charge in [-0.05, 0) is 41.9 Å². The second kappa shape index (κ2) is 8.35. The molecule has 0 saturated carbocycles. The maximum atomic E-state index is 9.18. The normalized spacial score (nSPS) is 10.4. The average Bonchev–Trinajstić information content (AvgIpc) is 2.64. The van der Waals surface area contributed by atoms with Crippen molar-refractivity contribution in [3.8, 4) is 23.0 Å². The number of rotatable bonds is 6. The fraction of sp³-hybridized carbons (Fsp3) is 0.100. The molecule has 0 bridgehead atoms. The van der Waals surface area contributed by atoms with E-state index >= 15 is 0 Å². The third kappa shape index (κ3) is 5.17. The van der Waals surface area contributed by atoms with Gasteiger partial charge in [-0.3, -0.25) is 0 Å². The molecule has 0 heterocycles. The smallest absolute Gasteiger partial charge is 0.457 e. The number of halogens is 1. The first-order chi connectivity index (χ1) is 12.9. The summed E-state index contributed by atoms with van der Waals surface area (Å²) in [5.41, 5.74) is 1.31. The van der Waals surface area contributed by atoms with Crippen LogP contribution in [0.2, 0.25) is 5.02 Å². The number of hydrogen-bond acceptors (Lipinski definition) is 5. The SMILES string of the molecule is CN(C)c1cc(Oc2ccc(Cl)cc2)cc(Oc2ccc(B(O)O)cc2)c1.[HH].[HH]. The zero-order valence-electron chi connectivity index (χ0n) is 15.0. The molecule has 0 fully saturated rings. The van der Waals surface area contributed by atoms with Crippen molar-refractivity contribution >= 4 is 29.9 Å². The maximum Gasteiger partial charge on any atom is 0.488 e. The molecular formula is C20H23BClNO4. The third-order valence-corrected chi connectivity index (χ3v) is 4.10. The van der Waals surface area contributed by atoms with E-state index in [1.54, 1.807) is 54.6 Å². The molecule has 3 rings (SSSR count). The van der Waals surface area contributed by atoms with Gasteiger partial charge in [0.15, 0.2) is 0 Å². The van der Waals surface area contributed by atoms with E-state index in [0.717, 1.165) is 5.69 Å². The predicted molar refractivity (Wildman–Crippen MR) is 113 cm³/mol. The number of benzene rings is 3.